The highest BCUT2D eigenvalue weighted by atomic mass is 32.2. The molecule has 2 atom stereocenters. The number of sulfone groups is 1. The number of carbonyl (C=O) groups is 1. The van der Waals surface area contributed by atoms with Crippen molar-refractivity contribution in [2.45, 2.75) is 31.3 Å². The fraction of sp³-hybridized carbons (Fsp3) is 0.688. The maximum atomic E-state index is 13.0. The normalized spacial score (nSPS) is 28.7. The number of nitrogens with zero attached hydrogens (tertiary/aromatic N) is 5. The summed E-state index contributed by atoms with van der Waals surface area (Å²) >= 11 is 0. The van der Waals surface area contributed by atoms with Crippen LogP contribution in [0.15, 0.2) is 18.5 Å². The predicted octanol–water partition coefficient (Wildman–Crippen LogP) is 0.370. The van der Waals surface area contributed by atoms with Gasteiger partial charge in [-0.1, -0.05) is 0 Å². The zero-order valence-electron chi connectivity index (χ0n) is 14.1. The second kappa shape index (κ2) is 6.44. The maximum Gasteiger partial charge on any atom is 0.320 e. The van der Waals surface area contributed by atoms with Crippen molar-refractivity contribution < 1.29 is 13.2 Å². The monoisotopic (exact) mass is 365 g/mol. The standard InChI is InChI=1S/C16H23N5O3S/c22-16(19-7-2-1-3-8-19)21-10-9-20(15-17-5-4-6-18-15)13-11-25(23,24)12-14(13)21/h4-6,13-14H,1-3,7-12H2/t13-,14+/m1/s1. The molecule has 0 unspecified atom stereocenters. The van der Waals surface area contributed by atoms with Crippen LogP contribution in [0.3, 0.4) is 0 Å². The lowest BCUT2D eigenvalue weighted by Crippen LogP contribution is -2.63. The minimum absolute atomic E-state index is 0.0135. The number of likely N-dealkylation sites (tertiary alicyclic amines) is 1. The zero-order valence-corrected chi connectivity index (χ0v) is 14.9. The summed E-state index contributed by atoms with van der Waals surface area (Å²) in [6, 6.07) is 1.13. The van der Waals surface area contributed by atoms with Gasteiger partial charge in [-0.3, -0.25) is 0 Å². The number of carbonyl (C=O) groups excluding carboxylic acids is 1. The molecule has 3 aliphatic rings. The Hall–Kier alpha value is -1.90. The Balaban J connectivity index is 1.59. The van der Waals surface area contributed by atoms with Crippen molar-refractivity contribution in [3.63, 3.8) is 0 Å². The molecule has 3 aliphatic heterocycles. The summed E-state index contributed by atoms with van der Waals surface area (Å²) in [6.45, 7) is 2.60. The number of urea groups is 1. The first-order valence-corrected chi connectivity index (χ1v) is 10.7. The van der Waals surface area contributed by atoms with Crippen LogP contribution < -0.4 is 4.90 Å². The Morgan fingerprint density at radius 3 is 2.36 bits per heavy atom. The van der Waals surface area contributed by atoms with Crippen molar-refractivity contribution in [1.82, 2.24) is 19.8 Å². The van der Waals surface area contributed by atoms with E-state index in [1.807, 2.05) is 9.80 Å². The Morgan fingerprint density at radius 1 is 0.960 bits per heavy atom. The predicted molar refractivity (Wildman–Crippen MR) is 93.1 cm³/mol. The maximum absolute atomic E-state index is 13.0. The molecule has 0 spiro atoms. The molecule has 0 bridgehead atoms. The zero-order chi connectivity index (χ0) is 17.4. The van der Waals surface area contributed by atoms with Gasteiger partial charge in [-0.15, -0.1) is 0 Å². The second-order valence-electron chi connectivity index (χ2n) is 6.98. The van der Waals surface area contributed by atoms with Gasteiger partial charge in [0.05, 0.1) is 23.6 Å². The van der Waals surface area contributed by atoms with Crippen LogP contribution in [-0.2, 0) is 9.84 Å². The molecule has 8 nitrogen and oxygen atoms in total. The number of piperazine rings is 1. The van der Waals surface area contributed by atoms with E-state index in [4.69, 9.17) is 0 Å². The van der Waals surface area contributed by atoms with E-state index >= 15 is 0 Å². The SMILES string of the molecule is O=C(N1CCCCC1)N1CCN(c2ncccn2)[C@@H]2CS(=O)(=O)C[C@@H]21. The smallest absolute Gasteiger partial charge is 0.320 e. The molecule has 0 aliphatic carbocycles. The Labute approximate surface area is 147 Å². The first kappa shape index (κ1) is 16.6. The molecule has 136 valence electrons. The highest BCUT2D eigenvalue weighted by Gasteiger charge is 2.49. The minimum Gasteiger partial charge on any atom is -0.333 e. The number of piperidine rings is 1. The van der Waals surface area contributed by atoms with E-state index in [0.717, 1.165) is 32.4 Å². The molecule has 0 saturated carbocycles. The fourth-order valence-corrected chi connectivity index (χ4v) is 6.13. The van der Waals surface area contributed by atoms with Crippen molar-refractivity contribution in [2.24, 2.45) is 0 Å². The summed E-state index contributed by atoms with van der Waals surface area (Å²) in [7, 11) is -3.18. The average molecular weight is 365 g/mol. The number of rotatable bonds is 1. The third-order valence-corrected chi connectivity index (χ3v) is 7.06. The van der Waals surface area contributed by atoms with E-state index in [1.54, 1.807) is 23.4 Å². The van der Waals surface area contributed by atoms with Crippen molar-refractivity contribution in [2.75, 3.05) is 42.6 Å². The number of hydrogen-bond donors (Lipinski definition) is 0. The summed E-state index contributed by atoms with van der Waals surface area (Å²) < 4.78 is 24.6. The number of fused-ring (bicyclic) bond motifs is 1. The van der Waals surface area contributed by atoms with E-state index in [1.165, 1.54) is 0 Å². The second-order valence-corrected chi connectivity index (χ2v) is 9.13. The highest BCUT2D eigenvalue weighted by Crippen LogP contribution is 2.30. The quantitative estimate of drug-likeness (QED) is 0.715. The molecule has 25 heavy (non-hydrogen) atoms. The average Bonchev–Trinajstić information content (AvgIpc) is 2.96. The lowest BCUT2D eigenvalue weighted by molar-refractivity contribution is 0.116. The van der Waals surface area contributed by atoms with Gasteiger partial charge in [0.15, 0.2) is 9.84 Å². The van der Waals surface area contributed by atoms with Crippen LogP contribution in [0.4, 0.5) is 10.7 Å². The summed E-state index contributed by atoms with van der Waals surface area (Å²) in [5.41, 5.74) is 0. The van der Waals surface area contributed by atoms with E-state index in [2.05, 4.69) is 9.97 Å². The van der Waals surface area contributed by atoms with E-state index in [9.17, 15) is 13.2 Å². The van der Waals surface area contributed by atoms with Crippen molar-refractivity contribution >= 4 is 21.8 Å². The molecule has 0 aromatic carbocycles. The Kier molecular flexibility index (Phi) is 4.26. The van der Waals surface area contributed by atoms with E-state index in [-0.39, 0.29) is 29.6 Å². The fourth-order valence-electron chi connectivity index (χ4n) is 4.15. The topological polar surface area (TPSA) is 86.7 Å². The molecule has 3 saturated heterocycles. The van der Waals surface area contributed by atoms with Crippen molar-refractivity contribution in [1.29, 1.82) is 0 Å². The van der Waals surface area contributed by atoms with Gasteiger partial charge in [-0.25, -0.2) is 23.2 Å². The van der Waals surface area contributed by atoms with Gasteiger partial charge >= 0.3 is 6.03 Å². The number of aromatic nitrogens is 2. The van der Waals surface area contributed by atoms with E-state index in [0.29, 0.717) is 19.0 Å². The Morgan fingerprint density at radius 2 is 1.64 bits per heavy atom. The molecule has 4 rings (SSSR count). The van der Waals surface area contributed by atoms with Crippen LogP contribution in [0.5, 0.6) is 0 Å². The van der Waals surface area contributed by atoms with Crippen molar-refractivity contribution in [3.05, 3.63) is 18.5 Å². The molecule has 4 heterocycles. The molecule has 9 heteroatoms. The van der Waals surface area contributed by atoms with Gasteiger partial charge in [-0.2, -0.15) is 0 Å². The molecule has 1 aromatic rings. The summed E-state index contributed by atoms with van der Waals surface area (Å²) in [5.74, 6) is 0.625. The molecule has 1 aromatic heterocycles. The van der Waals surface area contributed by atoms with Gasteiger partial charge in [-0.05, 0) is 25.3 Å². The number of anilines is 1. The summed E-state index contributed by atoms with van der Waals surface area (Å²) in [6.07, 6.45) is 6.52. The number of amides is 2. The first-order valence-electron chi connectivity index (χ1n) is 8.85. The van der Waals surface area contributed by atoms with Crippen LogP contribution in [0.25, 0.3) is 0 Å². The van der Waals surface area contributed by atoms with Crippen LogP contribution in [-0.4, -0.2) is 84.0 Å². The van der Waals surface area contributed by atoms with Crippen LogP contribution in [0.1, 0.15) is 19.3 Å². The summed E-state index contributed by atoms with van der Waals surface area (Å²) in [4.78, 5) is 27.1. The van der Waals surface area contributed by atoms with Crippen LogP contribution in [0, 0.1) is 0 Å². The molecule has 0 N–H and O–H groups in total. The van der Waals surface area contributed by atoms with Crippen LogP contribution >= 0.6 is 0 Å². The third kappa shape index (κ3) is 3.17. The Bertz CT molecular complexity index is 735. The van der Waals surface area contributed by atoms with Gasteiger partial charge in [0.25, 0.3) is 0 Å². The molecule has 3 fully saturated rings. The van der Waals surface area contributed by atoms with Crippen LogP contribution in [0.2, 0.25) is 0 Å². The van der Waals surface area contributed by atoms with Gasteiger partial charge in [0.1, 0.15) is 0 Å². The van der Waals surface area contributed by atoms with Crippen molar-refractivity contribution in [3.8, 4) is 0 Å². The molecular formula is C16H23N5O3S. The van der Waals surface area contributed by atoms with Gasteiger partial charge < -0.3 is 14.7 Å². The van der Waals surface area contributed by atoms with Gasteiger partial charge in [0, 0.05) is 38.6 Å². The molecular weight excluding hydrogens is 342 g/mol. The minimum atomic E-state index is -3.18. The first-order chi connectivity index (χ1) is 12.1. The molecule has 0 radical (unpaired) electrons. The lowest BCUT2D eigenvalue weighted by Gasteiger charge is -2.45. The summed E-state index contributed by atoms with van der Waals surface area (Å²) in [5, 5.41) is 0. The largest absolute Gasteiger partial charge is 0.333 e. The number of hydrogen-bond acceptors (Lipinski definition) is 6. The van der Waals surface area contributed by atoms with Gasteiger partial charge in [0.2, 0.25) is 5.95 Å². The third-order valence-electron chi connectivity index (χ3n) is 5.36. The molecule has 2 amide bonds. The highest BCUT2D eigenvalue weighted by molar-refractivity contribution is 7.91. The van der Waals surface area contributed by atoms with E-state index < -0.39 is 9.84 Å². The lowest BCUT2D eigenvalue weighted by atomic mass is 10.1.